The summed E-state index contributed by atoms with van der Waals surface area (Å²) in [6, 6.07) is 6.03. The topological polar surface area (TPSA) is 120 Å². The van der Waals surface area contributed by atoms with Crippen LogP contribution in [-0.2, 0) is 16.0 Å². The third-order valence-electron chi connectivity index (χ3n) is 4.54. The minimum absolute atomic E-state index is 0.0844. The fraction of sp³-hybridized carbons (Fsp3) is 0.400. The number of hydrogen-bond acceptors (Lipinski definition) is 8. The lowest BCUT2D eigenvalue weighted by molar-refractivity contribution is 0.0284. The summed E-state index contributed by atoms with van der Waals surface area (Å²) in [6.45, 7) is 10.7. The van der Waals surface area contributed by atoms with Crippen molar-refractivity contribution >= 4 is 33.9 Å². The minimum Gasteiger partial charge on any atom is -0.444 e. The van der Waals surface area contributed by atoms with Gasteiger partial charge in [0.15, 0.2) is 17.3 Å². The van der Waals surface area contributed by atoms with Crippen LogP contribution in [0.3, 0.4) is 0 Å². The van der Waals surface area contributed by atoms with E-state index in [1.807, 2.05) is 0 Å². The van der Waals surface area contributed by atoms with Gasteiger partial charge in [0.25, 0.3) is 0 Å². The summed E-state index contributed by atoms with van der Waals surface area (Å²) in [5, 5.41) is 6.51. The van der Waals surface area contributed by atoms with E-state index in [0.29, 0.717) is 10.2 Å². The van der Waals surface area contributed by atoms with Gasteiger partial charge < -0.3 is 18.9 Å². The van der Waals surface area contributed by atoms with Gasteiger partial charge in [0.1, 0.15) is 27.3 Å². The first-order chi connectivity index (χ1) is 17.1. The second kappa shape index (κ2) is 10.8. The molecule has 0 bridgehead atoms. The van der Waals surface area contributed by atoms with Crippen molar-refractivity contribution in [2.75, 3.05) is 12.4 Å². The van der Waals surface area contributed by atoms with E-state index in [0.717, 1.165) is 0 Å². The van der Waals surface area contributed by atoms with Crippen LogP contribution in [-0.4, -0.2) is 50.5 Å². The van der Waals surface area contributed by atoms with Crippen LogP contribution in [0.2, 0.25) is 0 Å². The first-order valence-corrected chi connectivity index (χ1v) is 12.1. The molecular formula is C25H29BrFN5O5. The summed E-state index contributed by atoms with van der Waals surface area (Å²) >= 11 is 3.25. The van der Waals surface area contributed by atoms with Crippen molar-refractivity contribution in [2.45, 2.75) is 59.3 Å². The maximum Gasteiger partial charge on any atom is 0.413 e. The van der Waals surface area contributed by atoms with Crippen LogP contribution in [0, 0.1) is 5.82 Å². The van der Waals surface area contributed by atoms with Gasteiger partial charge in [-0.25, -0.2) is 23.9 Å². The van der Waals surface area contributed by atoms with Crippen molar-refractivity contribution in [3.63, 3.8) is 0 Å². The van der Waals surface area contributed by atoms with Crippen LogP contribution >= 0.6 is 15.9 Å². The van der Waals surface area contributed by atoms with E-state index in [4.69, 9.17) is 14.0 Å². The van der Waals surface area contributed by atoms with Crippen LogP contribution in [0.4, 0.5) is 19.8 Å². The summed E-state index contributed by atoms with van der Waals surface area (Å²) in [6.07, 6.45) is 0.173. The molecule has 198 valence electrons. The van der Waals surface area contributed by atoms with Gasteiger partial charge in [0.05, 0.1) is 6.20 Å². The van der Waals surface area contributed by atoms with E-state index >= 15 is 4.39 Å². The summed E-state index contributed by atoms with van der Waals surface area (Å²) in [7, 11) is 1.58. The van der Waals surface area contributed by atoms with E-state index in [9.17, 15) is 9.59 Å². The molecule has 0 radical (unpaired) electrons. The van der Waals surface area contributed by atoms with Crippen LogP contribution in [0.15, 0.2) is 39.6 Å². The number of carbonyl (C=O) groups excluding carboxylic acids is 2. The Morgan fingerprint density at radius 2 is 1.78 bits per heavy atom. The molecule has 2 heterocycles. The molecule has 37 heavy (non-hydrogen) atoms. The van der Waals surface area contributed by atoms with Crippen molar-refractivity contribution in [2.24, 2.45) is 0 Å². The summed E-state index contributed by atoms with van der Waals surface area (Å²) in [5.74, 6) is -0.313. The first kappa shape index (κ1) is 28.0. The Balaban J connectivity index is 1.81. The molecule has 0 unspecified atom stereocenters. The maximum absolute atomic E-state index is 15.0. The normalized spacial score (nSPS) is 11.7. The predicted octanol–water partition coefficient (Wildman–Crippen LogP) is 6.41. The number of nitrogens with zero attached hydrogens (tertiary/aromatic N) is 4. The van der Waals surface area contributed by atoms with Crippen molar-refractivity contribution in [1.82, 2.24) is 20.0 Å². The molecule has 3 aromatic rings. The number of nitrogens with one attached hydrogen (secondary N) is 1. The molecule has 12 heteroatoms. The van der Waals surface area contributed by atoms with Gasteiger partial charge in [-0.15, -0.1) is 0 Å². The Morgan fingerprint density at radius 1 is 1.11 bits per heavy atom. The number of aromatic nitrogens is 3. The van der Waals surface area contributed by atoms with Crippen molar-refractivity contribution < 1.29 is 28.0 Å². The molecule has 0 spiro atoms. The zero-order valence-corrected chi connectivity index (χ0v) is 23.3. The average molecular weight is 578 g/mol. The number of hydrogen-bond donors (Lipinski definition) is 1. The highest BCUT2D eigenvalue weighted by atomic mass is 79.9. The van der Waals surface area contributed by atoms with Gasteiger partial charge in [0.2, 0.25) is 0 Å². The molecule has 0 fully saturated rings. The van der Waals surface area contributed by atoms with E-state index in [-0.39, 0.29) is 35.1 Å². The van der Waals surface area contributed by atoms with Crippen LogP contribution in [0.1, 0.15) is 47.1 Å². The number of carbonyl (C=O) groups is 2. The second-order valence-electron chi connectivity index (χ2n) is 10.2. The Hall–Kier alpha value is -3.54. The number of anilines is 1. The SMILES string of the molecule is CN(Cc1ccc(-c2cc(-c3nc(Br)cnc3NC(=O)OC(C)(C)C)on2)c(F)c1)C(=O)OC(C)(C)C. The first-order valence-electron chi connectivity index (χ1n) is 11.3. The molecule has 3 rings (SSSR count). The van der Waals surface area contributed by atoms with Gasteiger partial charge >= 0.3 is 12.2 Å². The highest BCUT2D eigenvalue weighted by molar-refractivity contribution is 9.10. The molecular weight excluding hydrogens is 549 g/mol. The van der Waals surface area contributed by atoms with E-state index in [2.05, 4.69) is 36.4 Å². The Bertz CT molecular complexity index is 1300. The number of benzene rings is 1. The molecule has 0 atom stereocenters. The lowest BCUT2D eigenvalue weighted by Crippen LogP contribution is -2.33. The Labute approximate surface area is 222 Å². The molecule has 0 aliphatic carbocycles. The van der Waals surface area contributed by atoms with Crippen molar-refractivity contribution in [3.05, 3.63) is 46.4 Å². The van der Waals surface area contributed by atoms with Crippen molar-refractivity contribution in [1.29, 1.82) is 0 Å². The number of amides is 2. The molecule has 2 aromatic heterocycles. The summed E-state index contributed by atoms with van der Waals surface area (Å²) in [4.78, 5) is 34.3. The Morgan fingerprint density at radius 3 is 2.41 bits per heavy atom. The summed E-state index contributed by atoms with van der Waals surface area (Å²) < 4.78 is 31.4. The molecule has 0 saturated carbocycles. The number of halogens is 2. The zero-order chi connectivity index (χ0) is 27.5. The van der Waals surface area contributed by atoms with Gasteiger partial charge in [-0.1, -0.05) is 11.2 Å². The van der Waals surface area contributed by atoms with Crippen LogP contribution in [0.25, 0.3) is 22.7 Å². The number of rotatable bonds is 5. The largest absolute Gasteiger partial charge is 0.444 e. The van der Waals surface area contributed by atoms with Gasteiger partial charge in [-0.3, -0.25) is 5.32 Å². The van der Waals surface area contributed by atoms with E-state index in [1.54, 1.807) is 60.7 Å². The van der Waals surface area contributed by atoms with E-state index in [1.165, 1.54) is 23.2 Å². The zero-order valence-electron chi connectivity index (χ0n) is 21.7. The van der Waals surface area contributed by atoms with Crippen molar-refractivity contribution in [3.8, 4) is 22.7 Å². The third-order valence-corrected chi connectivity index (χ3v) is 4.92. The van der Waals surface area contributed by atoms with Gasteiger partial charge in [-0.2, -0.15) is 0 Å². The standard InChI is InChI=1S/C25H29BrFN5O5/c1-24(2,3)35-22(33)30-21-20(29-19(26)12-28-21)18-11-17(31-37-18)15-9-8-14(10-16(15)27)13-32(7)23(34)36-25(4,5)6/h8-12H,13H2,1-7H3,(H,28,30,33). The fourth-order valence-electron chi connectivity index (χ4n) is 3.09. The highest BCUT2D eigenvalue weighted by Crippen LogP contribution is 2.31. The highest BCUT2D eigenvalue weighted by Gasteiger charge is 2.23. The van der Waals surface area contributed by atoms with Crippen LogP contribution in [0.5, 0.6) is 0 Å². The lowest BCUT2D eigenvalue weighted by Gasteiger charge is -2.24. The van der Waals surface area contributed by atoms with Gasteiger partial charge in [-0.05, 0) is 75.2 Å². The minimum atomic E-state index is -0.719. The number of ether oxygens (including phenoxy) is 2. The van der Waals surface area contributed by atoms with Crippen LogP contribution < -0.4 is 5.32 Å². The molecule has 0 aliphatic rings. The molecule has 1 N–H and O–H groups in total. The molecule has 1 aromatic carbocycles. The Kier molecular flexibility index (Phi) is 8.21. The molecule has 10 nitrogen and oxygen atoms in total. The maximum atomic E-state index is 15.0. The predicted molar refractivity (Wildman–Crippen MR) is 138 cm³/mol. The second-order valence-corrected chi connectivity index (χ2v) is 11.1. The smallest absolute Gasteiger partial charge is 0.413 e. The monoisotopic (exact) mass is 577 g/mol. The quantitative estimate of drug-likeness (QED) is 0.369. The van der Waals surface area contributed by atoms with E-state index < -0.39 is 29.2 Å². The summed E-state index contributed by atoms with van der Waals surface area (Å²) in [5.41, 5.74) is -0.202. The fourth-order valence-corrected chi connectivity index (χ4v) is 3.37. The third kappa shape index (κ3) is 7.97. The van der Waals surface area contributed by atoms with Gasteiger partial charge in [0, 0.05) is 25.2 Å². The molecule has 0 aliphatic heterocycles. The molecule has 2 amide bonds. The average Bonchev–Trinajstić information content (AvgIpc) is 3.22. The molecule has 0 saturated heterocycles. The lowest BCUT2D eigenvalue weighted by atomic mass is 10.1.